The van der Waals surface area contributed by atoms with Crippen molar-refractivity contribution in [3.05, 3.63) is 11.9 Å². The number of aliphatic carboxylic acids is 1. The highest BCUT2D eigenvalue weighted by Crippen LogP contribution is 2.02. The molecule has 1 aromatic heterocycles. The Balaban J connectivity index is 2.42. The summed E-state index contributed by atoms with van der Waals surface area (Å²) < 4.78 is 1.71. The molecular weight excluding hydrogens is 228 g/mol. The van der Waals surface area contributed by atoms with Crippen molar-refractivity contribution in [1.29, 1.82) is 0 Å². The monoisotopic (exact) mass is 244 g/mol. The lowest BCUT2D eigenvalue weighted by molar-refractivity contribution is -0.138. The van der Waals surface area contributed by atoms with E-state index in [0.29, 0.717) is 5.69 Å². The van der Waals surface area contributed by atoms with E-state index < -0.39 is 12.0 Å². The molecule has 6 nitrogen and oxygen atoms in total. The number of hydrogen-bond donors (Lipinski definition) is 2. The zero-order valence-corrected chi connectivity index (χ0v) is 9.98. The largest absolute Gasteiger partial charge is 0.480 e. The van der Waals surface area contributed by atoms with Crippen LogP contribution >= 0.6 is 11.8 Å². The van der Waals surface area contributed by atoms with Crippen LogP contribution in [0.2, 0.25) is 0 Å². The minimum atomic E-state index is -1.02. The van der Waals surface area contributed by atoms with Crippen molar-refractivity contribution in [2.45, 2.75) is 25.9 Å². The highest BCUT2D eigenvalue weighted by atomic mass is 32.2. The Bertz CT molecular complexity index is 342. The van der Waals surface area contributed by atoms with Crippen molar-refractivity contribution in [2.75, 3.05) is 11.5 Å². The second-order valence-electron chi connectivity index (χ2n) is 3.32. The molecule has 1 unspecified atom stereocenters. The van der Waals surface area contributed by atoms with E-state index in [4.69, 9.17) is 10.8 Å². The predicted molar refractivity (Wildman–Crippen MR) is 62.3 cm³/mol. The maximum atomic E-state index is 10.5. The minimum Gasteiger partial charge on any atom is -0.480 e. The number of thioether (sulfide) groups is 1. The van der Waals surface area contributed by atoms with Gasteiger partial charge in [-0.25, -0.2) is 0 Å². The van der Waals surface area contributed by atoms with Gasteiger partial charge in [0.05, 0.1) is 12.2 Å². The maximum absolute atomic E-state index is 10.5. The van der Waals surface area contributed by atoms with Crippen LogP contribution in [-0.2, 0) is 17.8 Å². The van der Waals surface area contributed by atoms with Crippen LogP contribution < -0.4 is 5.73 Å². The second kappa shape index (κ2) is 6.49. The number of rotatable bonds is 7. The van der Waals surface area contributed by atoms with Crippen molar-refractivity contribution in [3.63, 3.8) is 0 Å². The molecule has 0 aliphatic heterocycles. The second-order valence-corrected chi connectivity index (χ2v) is 4.71. The number of aryl methyl sites for hydroxylation is 1. The molecule has 0 amide bonds. The number of carboxylic acid groups (broad SMARTS) is 1. The lowest BCUT2D eigenvalue weighted by Crippen LogP contribution is -2.32. The molecule has 0 radical (unpaired) electrons. The smallest absolute Gasteiger partial charge is 0.320 e. The van der Waals surface area contributed by atoms with Gasteiger partial charge in [-0.2, -0.15) is 11.8 Å². The van der Waals surface area contributed by atoms with Crippen LogP contribution in [0.4, 0.5) is 0 Å². The van der Waals surface area contributed by atoms with Gasteiger partial charge in [-0.05, 0) is 5.75 Å². The predicted octanol–water partition coefficient (Wildman–Crippen LogP) is -0.0144. The minimum absolute atomic E-state index is 0.219. The van der Waals surface area contributed by atoms with Gasteiger partial charge >= 0.3 is 5.97 Å². The molecule has 0 spiro atoms. The number of carboxylic acids is 1. The molecule has 7 heteroatoms. The van der Waals surface area contributed by atoms with Crippen LogP contribution in [0.5, 0.6) is 0 Å². The van der Waals surface area contributed by atoms with Gasteiger partial charge < -0.3 is 10.8 Å². The molecule has 90 valence electrons. The quantitative estimate of drug-likeness (QED) is 0.655. The molecule has 0 bridgehead atoms. The van der Waals surface area contributed by atoms with Crippen molar-refractivity contribution in [2.24, 2.45) is 5.73 Å². The van der Waals surface area contributed by atoms with Crippen LogP contribution in [0, 0.1) is 0 Å². The average molecular weight is 244 g/mol. The normalized spacial score (nSPS) is 12.6. The number of carbonyl (C=O) groups is 1. The van der Waals surface area contributed by atoms with Crippen molar-refractivity contribution in [3.8, 4) is 0 Å². The topological polar surface area (TPSA) is 94.0 Å². The molecule has 1 heterocycles. The summed E-state index contributed by atoms with van der Waals surface area (Å²) in [5, 5.41) is 16.4. The zero-order valence-electron chi connectivity index (χ0n) is 9.17. The third kappa shape index (κ3) is 4.19. The van der Waals surface area contributed by atoms with Gasteiger partial charge in [-0.15, -0.1) is 5.10 Å². The molecular formula is C9H16N4O2S. The third-order valence-corrected chi connectivity index (χ3v) is 2.88. The molecule has 3 N–H and O–H groups in total. The lowest BCUT2D eigenvalue weighted by atomic mass is 10.2. The molecule has 1 aromatic rings. The average Bonchev–Trinajstić information content (AvgIpc) is 2.66. The zero-order chi connectivity index (χ0) is 12.0. The van der Waals surface area contributed by atoms with Gasteiger partial charge in [-0.1, -0.05) is 12.1 Å². The summed E-state index contributed by atoms with van der Waals surface area (Å²) in [6, 6.07) is -0.907. The summed E-state index contributed by atoms with van der Waals surface area (Å²) in [7, 11) is 0. The Kier molecular flexibility index (Phi) is 5.27. The first-order valence-electron chi connectivity index (χ1n) is 5.08. The summed E-state index contributed by atoms with van der Waals surface area (Å²) >= 11 is 1.82. The van der Waals surface area contributed by atoms with Crippen LogP contribution in [0.15, 0.2) is 6.20 Å². The van der Waals surface area contributed by atoms with E-state index in [1.54, 1.807) is 10.9 Å². The van der Waals surface area contributed by atoms with E-state index in [-0.39, 0.29) is 6.42 Å². The van der Waals surface area contributed by atoms with E-state index in [1.807, 2.05) is 11.8 Å². The number of aromatic nitrogens is 3. The number of hydrogen-bond acceptors (Lipinski definition) is 5. The Morgan fingerprint density at radius 1 is 1.75 bits per heavy atom. The number of nitrogens with two attached hydrogens (primary N) is 1. The Morgan fingerprint density at radius 2 is 2.50 bits per heavy atom. The fraction of sp³-hybridized carbons (Fsp3) is 0.667. The Morgan fingerprint density at radius 3 is 3.12 bits per heavy atom. The Labute approximate surface area is 98.2 Å². The van der Waals surface area contributed by atoms with Crippen LogP contribution in [-0.4, -0.2) is 43.6 Å². The van der Waals surface area contributed by atoms with E-state index >= 15 is 0 Å². The molecule has 0 fully saturated rings. The first-order valence-corrected chi connectivity index (χ1v) is 6.24. The van der Waals surface area contributed by atoms with Gasteiger partial charge in [0.25, 0.3) is 0 Å². The van der Waals surface area contributed by atoms with Gasteiger partial charge in [0, 0.05) is 18.4 Å². The summed E-state index contributed by atoms with van der Waals surface area (Å²) in [6.45, 7) is 2.89. The van der Waals surface area contributed by atoms with Gasteiger partial charge in [-0.3, -0.25) is 9.48 Å². The summed E-state index contributed by atoms with van der Waals surface area (Å²) in [6.07, 6.45) is 1.97. The molecule has 0 saturated carbocycles. The van der Waals surface area contributed by atoms with E-state index in [0.717, 1.165) is 18.1 Å². The van der Waals surface area contributed by atoms with E-state index in [9.17, 15) is 4.79 Å². The molecule has 0 aliphatic carbocycles. The fourth-order valence-corrected chi connectivity index (χ4v) is 1.76. The lowest BCUT2D eigenvalue weighted by Gasteiger charge is -2.01. The summed E-state index contributed by atoms with van der Waals surface area (Å²) in [5.74, 6) is 1.03. The van der Waals surface area contributed by atoms with Crippen LogP contribution in [0.25, 0.3) is 0 Å². The van der Waals surface area contributed by atoms with Crippen molar-refractivity contribution in [1.82, 2.24) is 15.0 Å². The van der Waals surface area contributed by atoms with Gasteiger partial charge in [0.2, 0.25) is 0 Å². The van der Waals surface area contributed by atoms with Crippen LogP contribution in [0.1, 0.15) is 12.6 Å². The third-order valence-electron chi connectivity index (χ3n) is 2.00. The van der Waals surface area contributed by atoms with Crippen LogP contribution in [0.3, 0.4) is 0 Å². The highest BCUT2D eigenvalue weighted by molar-refractivity contribution is 7.99. The first kappa shape index (κ1) is 13.0. The van der Waals surface area contributed by atoms with Crippen molar-refractivity contribution >= 4 is 17.7 Å². The molecule has 1 atom stereocenters. The molecule has 0 saturated heterocycles. The molecule has 0 aromatic carbocycles. The van der Waals surface area contributed by atoms with E-state index in [2.05, 4.69) is 17.2 Å². The van der Waals surface area contributed by atoms with Crippen molar-refractivity contribution < 1.29 is 9.90 Å². The molecule has 0 aliphatic rings. The fourth-order valence-electron chi connectivity index (χ4n) is 1.16. The Hall–Kier alpha value is -1.08. The molecule has 1 rings (SSSR count). The van der Waals surface area contributed by atoms with Gasteiger partial charge in [0.1, 0.15) is 6.04 Å². The first-order chi connectivity index (χ1) is 7.63. The van der Waals surface area contributed by atoms with E-state index in [1.165, 1.54) is 0 Å². The summed E-state index contributed by atoms with van der Waals surface area (Å²) in [5.41, 5.74) is 6.02. The summed E-state index contributed by atoms with van der Waals surface area (Å²) in [4.78, 5) is 10.5. The maximum Gasteiger partial charge on any atom is 0.320 e. The number of nitrogens with zero attached hydrogens (tertiary/aromatic N) is 3. The molecule has 16 heavy (non-hydrogen) atoms. The highest BCUT2D eigenvalue weighted by Gasteiger charge is 2.14. The SMILES string of the molecule is CCSCCn1cc(CC(N)C(=O)O)nn1. The van der Waals surface area contributed by atoms with Gasteiger partial charge in [0.15, 0.2) is 0 Å². The standard InChI is InChI=1S/C9H16N4O2S/c1-2-16-4-3-13-6-7(11-12-13)5-8(10)9(14)15/h6,8H,2-5,10H2,1H3,(H,14,15).